The van der Waals surface area contributed by atoms with Crippen LogP contribution < -0.4 is 9.47 Å². The highest BCUT2D eigenvalue weighted by Gasteiger charge is 2.12. The fourth-order valence-electron chi connectivity index (χ4n) is 2.28. The van der Waals surface area contributed by atoms with Crippen molar-refractivity contribution in [3.8, 4) is 22.9 Å². The molecule has 0 atom stereocenters. The van der Waals surface area contributed by atoms with Crippen molar-refractivity contribution in [3.05, 3.63) is 59.5 Å². The van der Waals surface area contributed by atoms with E-state index in [2.05, 4.69) is 10.1 Å². The monoisotopic (exact) mass is 338 g/mol. The molecule has 0 radical (unpaired) electrons. The molecule has 128 valence electrons. The number of benzene rings is 2. The van der Waals surface area contributed by atoms with Gasteiger partial charge in [-0.05, 0) is 32.0 Å². The highest BCUT2D eigenvalue weighted by Crippen LogP contribution is 2.29. The van der Waals surface area contributed by atoms with E-state index in [9.17, 15) is 4.79 Å². The van der Waals surface area contributed by atoms with Gasteiger partial charge in [-0.1, -0.05) is 35.0 Å². The van der Waals surface area contributed by atoms with Gasteiger partial charge in [0, 0.05) is 11.1 Å². The van der Waals surface area contributed by atoms with Gasteiger partial charge in [-0.2, -0.15) is 4.98 Å². The molecule has 0 amide bonds. The van der Waals surface area contributed by atoms with Crippen LogP contribution in [-0.4, -0.2) is 23.0 Å². The maximum Gasteiger partial charge on any atom is 0.264 e. The number of carbonyl (C=O) groups excluding carboxylic acids is 1. The van der Waals surface area contributed by atoms with Gasteiger partial charge < -0.3 is 14.0 Å². The van der Waals surface area contributed by atoms with E-state index in [1.165, 1.54) is 14.0 Å². The molecular weight excluding hydrogens is 320 g/mol. The maximum absolute atomic E-state index is 11.4. The van der Waals surface area contributed by atoms with Crippen molar-refractivity contribution in [1.82, 2.24) is 10.1 Å². The Kier molecular flexibility index (Phi) is 4.79. The Labute approximate surface area is 145 Å². The zero-order valence-electron chi connectivity index (χ0n) is 14.3. The van der Waals surface area contributed by atoms with E-state index in [4.69, 9.17) is 14.0 Å². The van der Waals surface area contributed by atoms with E-state index in [0.29, 0.717) is 28.8 Å². The van der Waals surface area contributed by atoms with Crippen LogP contribution in [0.15, 0.2) is 47.0 Å². The van der Waals surface area contributed by atoms with Crippen molar-refractivity contribution in [2.45, 2.75) is 20.5 Å². The van der Waals surface area contributed by atoms with Gasteiger partial charge in [-0.25, -0.2) is 0 Å². The first-order chi connectivity index (χ1) is 12.1. The highest BCUT2D eigenvalue weighted by atomic mass is 16.5. The molecule has 0 fully saturated rings. The van der Waals surface area contributed by atoms with E-state index in [-0.39, 0.29) is 12.4 Å². The van der Waals surface area contributed by atoms with Crippen LogP contribution in [0.1, 0.15) is 28.7 Å². The summed E-state index contributed by atoms with van der Waals surface area (Å²) in [7, 11) is 1.52. The molecule has 2 aromatic carbocycles. The molecular formula is C19H18N2O4. The molecule has 0 N–H and O–H groups in total. The summed E-state index contributed by atoms with van der Waals surface area (Å²) in [6.07, 6.45) is 0. The minimum absolute atomic E-state index is 0.0375. The number of aromatic nitrogens is 2. The Balaban J connectivity index is 1.72. The molecule has 1 aromatic heterocycles. The van der Waals surface area contributed by atoms with Crippen molar-refractivity contribution in [3.63, 3.8) is 0 Å². The predicted octanol–water partition coefficient (Wildman–Crippen LogP) is 3.84. The van der Waals surface area contributed by atoms with Gasteiger partial charge in [0.2, 0.25) is 5.82 Å². The van der Waals surface area contributed by atoms with Crippen molar-refractivity contribution in [1.29, 1.82) is 0 Å². The van der Waals surface area contributed by atoms with Crippen molar-refractivity contribution in [2.24, 2.45) is 0 Å². The molecule has 0 aliphatic rings. The topological polar surface area (TPSA) is 74.5 Å². The minimum Gasteiger partial charge on any atom is -0.493 e. The molecule has 25 heavy (non-hydrogen) atoms. The van der Waals surface area contributed by atoms with E-state index in [0.717, 1.165) is 11.1 Å². The van der Waals surface area contributed by atoms with Gasteiger partial charge in [-0.3, -0.25) is 4.79 Å². The van der Waals surface area contributed by atoms with E-state index in [1.54, 1.807) is 18.2 Å². The Morgan fingerprint density at radius 2 is 1.88 bits per heavy atom. The van der Waals surface area contributed by atoms with Gasteiger partial charge in [0.1, 0.15) is 0 Å². The third kappa shape index (κ3) is 3.85. The molecule has 0 bridgehead atoms. The van der Waals surface area contributed by atoms with Crippen molar-refractivity contribution < 1.29 is 18.8 Å². The fourth-order valence-corrected chi connectivity index (χ4v) is 2.28. The number of ether oxygens (including phenoxy) is 2. The van der Waals surface area contributed by atoms with Crippen LogP contribution in [0.2, 0.25) is 0 Å². The van der Waals surface area contributed by atoms with Crippen LogP contribution in [-0.2, 0) is 6.61 Å². The predicted molar refractivity (Wildman–Crippen MR) is 91.8 cm³/mol. The first-order valence-corrected chi connectivity index (χ1v) is 7.78. The SMILES string of the molecule is COc1cc(C(C)=O)ccc1OCc1nc(-c2ccc(C)cc2)no1. The normalized spacial score (nSPS) is 10.5. The van der Waals surface area contributed by atoms with Crippen LogP contribution in [0.5, 0.6) is 11.5 Å². The second-order valence-corrected chi connectivity index (χ2v) is 5.59. The standard InChI is InChI=1S/C19H18N2O4/c1-12-4-6-14(7-5-12)19-20-18(25-21-19)11-24-16-9-8-15(13(2)22)10-17(16)23-3/h4-10H,11H2,1-3H3. The summed E-state index contributed by atoms with van der Waals surface area (Å²) >= 11 is 0. The highest BCUT2D eigenvalue weighted by molar-refractivity contribution is 5.94. The van der Waals surface area contributed by atoms with E-state index < -0.39 is 0 Å². The molecule has 0 spiro atoms. The fraction of sp³-hybridized carbons (Fsp3) is 0.211. The largest absolute Gasteiger partial charge is 0.493 e. The summed E-state index contributed by atoms with van der Waals surface area (Å²) in [5, 5.41) is 3.97. The summed E-state index contributed by atoms with van der Waals surface area (Å²) < 4.78 is 16.2. The minimum atomic E-state index is -0.0375. The Morgan fingerprint density at radius 1 is 1.12 bits per heavy atom. The molecule has 3 rings (SSSR count). The van der Waals surface area contributed by atoms with Crippen LogP contribution in [0.3, 0.4) is 0 Å². The van der Waals surface area contributed by atoms with Gasteiger partial charge in [0.05, 0.1) is 7.11 Å². The number of rotatable bonds is 6. The summed E-state index contributed by atoms with van der Waals surface area (Å²) in [6.45, 7) is 3.62. The average Bonchev–Trinajstić information content (AvgIpc) is 3.09. The molecule has 1 heterocycles. The lowest BCUT2D eigenvalue weighted by molar-refractivity contribution is 0.101. The van der Waals surface area contributed by atoms with E-state index in [1.807, 2.05) is 31.2 Å². The lowest BCUT2D eigenvalue weighted by Gasteiger charge is -2.09. The van der Waals surface area contributed by atoms with Crippen LogP contribution in [0.25, 0.3) is 11.4 Å². The number of carbonyl (C=O) groups is 1. The zero-order valence-corrected chi connectivity index (χ0v) is 14.3. The molecule has 0 aliphatic carbocycles. The lowest BCUT2D eigenvalue weighted by Crippen LogP contribution is -2.00. The van der Waals surface area contributed by atoms with Crippen LogP contribution in [0, 0.1) is 6.92 Å². The Bertz CT molecular complexity index is 885. The number of methoxy groups -OCH3 is 1. The molecule has 0 unspecified atom stereocenters. The average molecular weight is 338 g/mol. The maximum atomic E-state index is 11.4. The number of ketones is 1. The lowest BCUT2D eigenvalue weighted by atomic mass is 10.1. The van der Waals surface area contributed by atoms with Crippen LogP contribution in [0.4, 0.5) is 0 Å². The second-order valence-electron chi connectivity index (χ2n) is 5.59. The number of hydrogen-bond donors (Lipinski definition) is 0. The number of Topliss-reactive ketones (excluding diaryl/α,β-unsaturated/α-hetero) is 1. The molecule has 6 nitrogen and oxygen atoms in total. The molecule has 0 aliphatic heterocycles. The number of nitrogens with zero attached hydrogens (tertiary/aromatic N) is 2. The molecule has 3 aromatic rings. The third-order valence-corrected chi connectivity index (χ3v) is 3.70. The van der Waals surface area contributed by atoms with Crippen LogP contribution >= 0.6 is 0 Å². The number of hydrogen-bond acceptors (Lipinski definition) is 6. The second kappa shape index (κ2) is 7.17. The zero-order chi connectivity index (χ0) is 17.8. The summed E-state index contributed by atoms with van der Waals surface area (Å²) in [4.78, 5) is 15.8. The number of aryl methyl sites for hydroxylation is 1. The first kappa shape index (κ1) is 16.7. The van der Waals surface area contributed by atoms with Crippen molar-refractivity contribution in [2.75, 3.05) is 7.11 Å². The van der Waals surface area contributed by atoms with E-state index >= 15 is 0 Å². The molecule has 0 saturated carbocycles. The van der Waals surface area contributed by atoms with Gasteiger partial charge in [0.15, 0.2) is 23.9 Å². The smallest absolute Gasteiger partial charge is 0.264 e. The summed E-state index contributed by atoms with van der Waals surface area (Å²) in [5.41, 5.74) is 2.60. The Hall–Kier alpha value is -3.15. The summed E-state index contributed by atoms with van der Waals surface area (Å²) in [6, 6.07) is 12.9. The molecule has 6 heteroatoms. The third-order valence-electron chi connectivity index (χ3n) is 3.70. The van der Waals surface area contributed by atoms with Gasteiger partial charge in [-0.15, -0.1) is 0 Å². The first-order valence-electron chi connectivity index (χ1n) is 7.78. The molecule has 0 saturated heterocycles. The summed E-state index contributed by atoms with van der Waals surface area (Å²) in [5.74, 6) is 1.81. The Morgan fingerprint density at radius 3 is 2.56 bits per heavy atom. The van der Waals surface area contributed by atoms with Gasteiger partial charge >= 0.3 is 0 Å². The van der Waals surface area contributed by atoms with Gasteiger partial charge in [0.25, 0.3) is 5.89 Å². The van der Waals surface area contributed by atoms with Crippen molar-refractivity contribution >= 4 is 5.78 Å². The quantitative estimate of drug-likeness (QED) is 0.636.